The number of aliphatic carboxylic acids is 1. The van der Waals surface area contributed by atoms with Gasteiger partial charge < -0.3 is 15.2 Å². The van der Waals surface area contributed by atoms with Crippen LogP contribution in [0.3, 0.4) is 0 Å². The second-order valence-electron chi connectivity index (χ2n) is 2.80. The molecule has 1 amide bonds. The molecule has 0 aromatic heterocycles. The van der Waals surface area contributed by atoms with Crippen LogP contribution in [0, 0.1) is 0 Å². The molecule has 0 aliphatic carbocycles. The predicted octanol–water partition coefficient (Wildman–Crippen LogP) is -0.635. The Bertz CT molecular complexity index is 206. The number of carboxylic acids is 1. The molecule has 12 heavy (non-hydrogen) atoms. The number of carbonyl (C=O) groups is 2. The molecule has 1 heterocycles. The summed E-state index contributed by atoms with van der Waals surface area (Å²) in [7, 11) is 0. The molecule has 0 aromatic carbocycles. The van der Waals surface area contributed by atoms with Gasteiger partial charge in [0.25, 0.3) is 0 Å². The molecular weight excluding hydrogens is 162 g/mol. The van der Waals surface area contributed by atoms with E-state index in [1.807, 2.05) is 0 Å². The summed E-state index contributed by atoms with van der Waals surface area (Å²) in [6.45, 7) is 2.01. The Kier molecular flexibility index (Phi) is 2.32. The van der Waals surface area contributed by atoms with E-state index in [-0.39, 0.29) is 0 Å². The lowest BCUT2D eigenvalue weighted by molar-refractivity contribution is -0.148. The van der Waals surface area contributed by atoms with E-state index in [2.05, 4.69) is 5.32 Å². The summed E-state index contributed by atoms with van der Waals surface area (Å²) in [6.07, 6.45) is 0.252. The molecule has 1 fully saturated rings. The van der Waals surface area contributed by atoms with E-state index in [1.165, 1.54) is 0 Å². The smallest absolute Gasteiger partial charge is 0.332 e. The van der Waals surface area contributed by atoms with Gasteiger partial charge >= 0.3 is 5.97 Å². The second-order valence-corrected chi connectivity index (χ2v) is 2.80. The Labute approximate surface area is 69.7 Å². The van der Waals surface area contributed by atoms with E-state index in [9.17, 15) is 9.59 Å². The number of nitrogens with one attached hydrogen (secondary N) is 1. The molecule has 1 rings (SSSR count). The molecule has 0 saturated carbocycles. The highest BCUT2D eigenvalue weighted by atomic mass is 16.5. The van der Waals surface area contributed by atoms with E-state index in [1.54, 1.807) is 6.92 Å². The summed E-state index contributed by atoms with van der Waals surface area (Å²) in [4.78, 5) is 21.0. The summed E-state index contributed by atoms with van der Waals surface area (Å²) in [5.74, 6) is -1.04. The topological polar surface area (TPSA) is 75.6 Å². The normalized spacial score (nSPS) is 34.6. The van der Waals surface area contributed by atoms with Crippen molar-refractivity contribution in [3.8, 4) is 0 Å². The fourth-order valence-electron chi connectivity index (χ4n) is 1.38. The fraction of sp³-hybridized carbons (Fsp3) is 0.714. The number of hydrogen-bond donors (Lipinski definition) is 2. The van der Waals surface area contributed by atoms with Crippen molar-refractivity contribution < 1.29 is 19.4 Å². The summed E-state index contributed by atoms with van der Waals surface area (Å²) in [6, 6.07) is 0. The van der Waals surface area contributed by atoms with Gasteiger partial charge in [-0.3, -0.25) is 4.79 Å². The van der Waals surface area contributed by atoms with Crippen LogP contribution >= 0.6 is 0 Å². The molecule has 5 nitrogen and oxygen atoms in total. The van der Waals surface area contributed by atoms with Gasteiger partial charge in [-0.25, -0.2) is 4.79 Å². The van der Waals surface area contributed by atoms with Crippen molar-refractivity contribution in [1.82, 2.24) is 5.32 Å². The van der Waals surface area contributed by atoms with E-state index in [0.29, 0.717) is 19.4 Å². The Hall–Kier alpha value is -1.10. The summed E-state index contributed by atoms with van der Waals surface area (Å²) < 4.78 is 5.08. The first-order valence-electron chi connectivity index (χ1n) is 3.70. The molecule has 1 aliphatic rings. The monoisotopic (exact) mass is 173 g/mol. The van der Waals surface area contributed by atoms with Crippen molar-refractivity contribution in [3.05, 3.63) is 0 Å². The minimum Gasteiger partial charge on any atom is -0.479 e. The quantitative estimate of drug-likeness (QED) is 0.557. The first-order valence-corrected chi connectivity index (χ1v) is 3.70. The number of carboxylic acid groups (broad SMARTS) is 1. The van der Waals surface area contributed by atoms with Crippen LogP contribution in [0.4, 0.5) is 0 Å². The zero-order valence-electron chi connectivity index (χ0n) is 6.74. The molecular formula is C7H11NO4. The van der Waals surface area contributed by atoms with Gasteiger partial charge in [-0.1, -0.05) is 0 Å². The van der Waals surface area contributed by atoms with E-state index < -0.39 is 17.6 Å². The number of amides is 1. The third-order valence-electron chi connectivity index (χ3n) is 2.26. The maximum absolute atomic E-state index is 10.8. The van der Waals surface area contributed by atoms with E-state index in [0.717, 1.165) is 0 Å². The SMILES string of the molecule is CC1OCCC1(NC=O)C(=O)O. The van der Waals surface area contributed by atoms with Crippen LogP contribution in [0.15, 0.2) is 0 Å². The maximum Gasteiger partial charge on any atom is 0.332 e. The minimum atomic E-state index is -1.22. The lowest BCUT2D eigenvalue weighted by atomic mass is 9.92. The molecule has 5 heteroatoms. The fourth-order valence-corrected chi connectivity index (χ4v) is 1.38. The first kappa shape index (κ1) is 8.99. The molecule has 0 bridgehead atoms. The van der Waals surface area contributed by atoms with Crippen molar-refractivity contribution in [2.24, 2.45) is 0 Å². The molecule has 2 unspecified atom stereocenters. The van der Waals surface area contributed by atoms with Crippen molar-refractivity contribution >= 4 is 12.4 Å². The largest absolute Gasteiger partial charge is 0.479 e. The van der Waals surface area contributed by atoms with Gasteiger partial charge in [-0.2, -0.15) is 0 Å². The summed E-state index contributed by atoms with van der Waals surface area (Å²) >= 11 is 0. The highest BCUT2D eigenvalue weighted by Gasteiger charge is 2.48. The number of rotatable bonds is 3. The third kappa shape index (κ3) is 1.16. The van der Waals surface area contributed by atoms with Crippen LogP contribution in [-0.2, 0) is 14.3 Å². The summed E-state index contributed by atoms with van der Waals surface area (Å²) in [5.41, 5.74) is -1.22. The van der Waals surface area contributed by atoms with Crippen LogP contribution in [-0.4, -0.2) is 35.7 Å². The van der Waals surface area contributed by atoms with E-state index in [4.69, 9.17) is 9.84 Å². The predicted molar refractivity (Wildman–Crippen MR) is 39.6 cm³/mol. The zero-order chi connectivity index (χ0) is 9.19. The highest BCUT2D eigenvalue weighted by Crippen LogP contribution is 2.25. The van der Waals surface area contributed by atoms with Gasteiger partial charge in [0.05, 0.1) is 6.10 Å². The van der Waals surface area contributed by atoms with Crippen molar-refractivity contribution in [3.63, 3.8) is 0 Å². The van der Waals surface area contributed by atoms with Gasteiger partial charge in [0.2, 0.25) is 6.41 Å². The average molecular weight is 173 g/mol. The third-order valence-corrected chi connectivity index (χ3v) is 2.26. The molecule has 0 aromatic rings. The lowest BCUT2D eigenvalue weighted by Gasteiger charge is -2.26. The van der Waals surface area contributed by atoms with Crippen LogP contribution < -0.4 is 5.32 Å². The maximum atomic E-state index is 10.8. The lowest BCUT2D eigenvalue weighted by Crippen LogP contribution is -2.56. The molecule has 2 atom stereocenters. The van der Waals surface area contributed by atoms with Gasteiger partial charge in [-0.15, -0.1) is 0 Å². The number of hydrogen-bond acceptors (Lipinski definition) is 3. The zero-order valence-corrected chi connectivity index (χ0v) is 6.74. The van der Waals surface area contributed by atoms with Crippen LogP contribution in [0.5, 0.6) is 0 Å². The van der Waals surface area contributed by atoms with Gasteiger partial charge in [0.1, 0.15) is 0 Å². The van der Waals surface area contributed by atoms with Crippen LogP contribution in [0.1, 0.15) is 13.3 Å². The molecule has 1 aliphatic heterocycles. The molecule has 0 spiro atoms. The molecule has 68 valence electrons. The van der Waals surface area contributed by atoms with Gasteiger partial charge in [0, 0.05) is 13.0 Å². The van der Waals surface area contributed by atoms with Crippen molar-refractivity contribution in [2.45, 2.75) is 25.0 Å². The number of ether oxygens (including phenoxy) is 1. The first-order chi connectivity index (χ1) is 5.63. The molecule has 0 radical (unpaired) electrons. The Balaban J connectivity index is 2.84. The number of carbonyl (C=O) groups excluding carboxylic acids is 1. The summed E-state index contributed by atoms with van der Waals surface area (Å²) in [5, 5.41) is 11.2. The Morgan fingerprint density at radius 2 is 2.50 bits per heavy atom. The average Bonchev–Trinajstić information content (AvgIpc) is 2.34. The van der Waals surface area contributed by atoms with E-state index >= 15 is 0 Å². The van der Waals surface area contributed by atoms with Crippen molar-refractivity contribution in [1.29, 1.82) is 0 Å². The minimum absolute atomic E-state index is 0.322. The Morgan fingerprint density at radius 3 is 2.83 bits per heavy atom. The van der Waals surface area contributed by atoms with Crippen LogP contribution in [0.2, 0.25) is 0 Å². The van der Waals surface area contributed by atoms with Crippen LogP contribution in [0.25, 0.3) is 0 Å². The molecule has 1 saturated heterocycles. The van der Waals surface area contributed by atoms with Gasteiger partial charge in [0.15, 0.2) is 5.54 Å². The molecule has 2 N–H and O–H groups in total. The second kappa shape index (κ2) is 3.10. The van der Waals surface area contributed by atoms with Crippen molar-refractivity contribution in [2.75, 3.05) is 6.61 Å². The highest BCUT2D eigenvalue weighted by molar-refractivity contribution is 5.82. The Morgan fingerprint density at radius 1 is 1.83 bits per heavy atom. The standard InChI is InChI=1S/C7H11NO4/c1-5-7(6(10)11,8-4-9)2-3-12-5/h4-5H,2-3H2,1H3,(H,8,9)(H,10,11). The van der Waals surface area contributed by atoms with Gasteiger partial charge in [-0.05, 0) is 6.92 Å².